The van der Waals surface area contributed by atoms with E-state index in [0.717, 1.165) is 24.2 Å². The van der Waals surface area contributed by atoms with Crippen LogP contribution in [0.3, 0.4) is 0 Å². The van der Waals surface area contributed by atoms with Crippen molar-refractivity contribution in [3.05, 3.63) is 29.5 Å². The Kier molecular flexibility index (Phi) is 3.67. The van der Waals surface area contributed by atoms with Gasteiger partial charge in [-0.1, -0.05) is 0 Å². The quantitative estimate of drug-likeness (QED) is 0.773. The molecule has 0 atom stereocenters. The van der Waals surface area contributed by atoms with E-state index in [0.29, 0.717) is 0 Å². The summed E-state index contributed by atoms with van der Waals surface area (Å²) in [5.41, 5.74) is 4.47. The van der Waals surface area contributed by atoms with Crippen LogP contribution in [-0.2, 0) is 11.2 Å². The van der Waals surface area contributed by atoms with Gasteiger partial charge in [-0.05, 0) is 50.7 Å². The van der Waals surface area contributed by atoms with Gasteiger partial charge in [0.25, 0.3) is 0 Å². The van der Waals surface area contributed by atoms with E-state index in [4.69, 9.17) is 0 Å². The lowest BCUT2D eigenvalue weighted by molar-refractivity contribution is -0.114. The van der Waals surface area contributed by atoms with Gasteiger partial charge in [0.15, 0.2) is 0 Å². The molecule has 0 aliphatic rings. The molecule has 96 valence electrons. The molecule has 0 saturated carbocycles. The molecule has 0 fully saturated rings. The highest BCUT2D eigenvalue weighted by Crippen LogP contribution is 2.25. The van der Waals surface area contributed by atoms with E-state index < -0.39 is 0 Å². The maximum atomic E-state index is 11.1. The molecule has 1 amide bonds. The molecule has 0 bridgehead atoms. The number of aromatic nitrogens is 1. The molecule has 0 spiro atoms. The molecule has 18 heavy (non-hydrogen) atoms. The van der Waals surface area contributed by atoms with E-state index in [-0.39, 0.29) is 5.91 Å². The molecule has 3 N–H and O–H groups in total. The average molecular weight is 245 g/mol. The lowest BCUT2D eigenvalue weighted by Gasteiger charge is -2.04. The number of H-pyrrole nitrogens is 1. The number of likely N-dealkylation sites (N-methyl/N-ethyl adjacent to an activating group) is 1. The number of hydrogen-bond acceptors (Lipinski definition) is 2. The molecular formula is C14H19N3O. The number of carbonyl (C=O) groups excluding carboxylic acids is 1. The highest BCUT2D eigenvalue weighted by molar-refractivity contribution is 5.93. The van der Waals surface area contributed by atoms with Crippen LogP contribution >= 0.6 is 0 Å². The number of anilines is 1. The molecule has 2 aromatic rings. The van der Waals surface area contributed by atoms with Gasteiger partial charge in [0.05, 0.1) is 0 Å². The summed E-state index contributed by atoms with van der Waals surface area (Å²) in [4.78, 5) is 14.5. The van der Waals surface area contributed by atoms with Gasteiger partial charge in [0.1, 0.15) is 0 Å². The van der Waals surface area contributed by atoms with Crippen molar-refractivity contribution in [2.45, 2.75) is 20.3 Å². The Morgan fingerprint density at radius 1 is 1.39 bits per heavy atom. The van der Waals surface area contributed by atoms with Crippen molar-refractivity contribution in [3.8, 4) is 0 Å². The third-order valence-corrected chi connectivity index (χ3v) is 3.06. The van der Waals surface area contributed by atoms with Gasteiger partial charge in [-0.2, -0.15) is 0 Å². The number of carbonyl (C=O) groups is 1. The lowest BCUT2D eigenvalue weighted by atomic mass is 10.1. The van der Waals surface area contributed by atoms with Crippen molar-refractivity contribution >= 4 is 22.5 Å². The van der Waals surface area contributed by atoms with Crippen LogP contribution in [0.1, 0.15) is 18.2 Å². The topological polar surface area (TPSA) is 56.9 Å². The predicted octanol–water partition coefficient (Wildman–Crippen LogP) is 2.20. The minimum Gasteiger partial charge on any atom is -0.358 e. The van der Waals surface area contributed by atoms with Crippen molar-refractivity contribution in [1.82, 2.24) is 10.3 Å². The normalized spacial score (nSPS) is 10.8. The summed E-state index contributed by atoms with van der Waals surface area (Å²) in [5.74, 6) is -0.0432. The van der Waals surface area contributed by atoms with Gasteiger partial charge >= 0.3 is 0 Å². The Bertz CT molecular complexity index is 572. The second-order valence-electron chi connectivity index (χ2n) is 4.52. The van der Waals surface area contributed by atoms with Crippen molar-refractivity contribution in [2.75, 3.05) is 18.9 Å². The van der Waals surface area contributed by atoms with Gasteiger partial charge in [0.2, 0.25) is 5.91 Å². The molecule has 1 aromatic carbocycles. The number of nitrogens with one attached hydrogen (secondary N) is 3. The Morgan fingerprint density at radius 3 is 2.83 bits per heavy atom. The number of aryl methyl sites for hydroxylation is 1. The molecule has 0 aliphatic carbocycles. The summed E-state index contributed by atoms with van der Waals surface area (Å²) in [7, 11) is 1.95. The zero-order valence-electron chi connectivity index (χ0n) is 11.1. The van der Waals surface area contributed by atoms with Gasteiger partial charge in [-0.3, -0.25) is 4.79 Å². The van der Waals surface area contributed by atoms with E-state index in [9.17, 15) is 4.79 Å². The van der Waals surface area contributed by atoms with Gasteiger partial charge in [-0.15, -0.1) is 0 Å². The summed E-state index contributed by atoms with van der Waals surface area (Å²) in [6.07, 6.45) is 0.978. The maximum absolute atomic E-state index is 11.1. The summed E-state index contributed by atoms with van der Waals surface area (Å²) in [6.45, 7) is 4.55. The summed E-state index contributed by atoms with van der Waals surface area (Å²) in [5, 5.41) is 7.17. The highest BCUT2D eigenvalue weighted by atomic mass is 16.1. The number of benzene rings is 1. The van der Waals surface area contributed by atoms with E-state index in [1.54, 1.807) is 0 Å². The van der Waals surface area contributed by atoms with Crippen LogP contribution in [0, 0.1) is 6.92 Å². The van der Waals surface area contributed by atoms with E-state index in [1.165, 1.54) is 23.6 Å². The Balaban J connectivity index is 2.42. The molecule has 0 unspecified atom stereocenters. The van der Waals surface area contributed by atoms with Crippen LogP contribution in [0.15, 0.2) is 18.2 Å². The summed E-state index contributed by atoms with van der Waals surface area (Å²) < 4.78 is 0. The molecule has 1 heterocycles. The van der Waals surface area contributed by atoms with E-state index in [2.05, 4.69) is 22.5 Å². The molecule has 0 saturated heterocycles. The molecule has 1 aromatic heterocycles. The highest BCUT2D eigenvalue weighted by Gasteiger charge is 2.08. The summed E-state index contributed by atoms with van der Waals surface area (Å²) >= 11 is 0. The number of amides is 1. The van der Waals surface area contributed by atoms with Crippen molar-refractivity contribution in [3.63, 3.8) is 0 Å². The number of hydrogen-bond donors (Lipinski definition) is 3. The zero-order valence-corrected chi connectivity index (χ0v) is 11.1. The maximum Gasteiger partial charge on any atom is 0.221 e. The first-order chi connectivity index (χ1) is 8.61. The lowest BCUT2D eigenvalue weighted by Crippen LogP contribution is -2.10. The monoisotopic (exact) mass is 245 g/mol. The van der Waals surface area contributed by atoms with Gasteiger partial charge in [0, 0.05) is 29.2 Å². The largest absolute Gasteiger partial charge is 0.358 e. The minimum absolute atomic E-state index is 0.0432. The smallest absolute Gasteiger partial charge is 0.221 e. The number of fused-ring (bicyclic) bond motifs is 1. The first-order valence-corrected chi connectivity index (χ1v) is 6.15. The first kappa shape index (κ1) is 12.6. The third kappa shape index (κ3) is 2.54. The van der Waals surface area contributed by atoms with Crippen molar-refractivity contribution in [2.24, 2.45) is 0 Å². The third-order valence-electron chi connectivity index (χ3n) is 3.06. The Morgan fingerprint density at radius 2 is 2.17 bits per heavy atom. The van der Waals surface area contributed by atoms with Crippen molar-refractivity contribution < 1.29 is 4.79 Å². The molecule has 4 nitrogen and oxygen atoms in total. The van der Waals surface area contributed by atoms with Crippen LogP contribution in [0.4, 0.5) is 5.69 Å². The summed E-state index contributed by atoms with van der Waals surface area (Å²) in [6, 6.07) is 5.96. The number of rotatable bonds is 4. The standard InChI is InChI=1S/C14H19N3O/c1-9-12(6-7-15-3)13-8-11(17-10(2)18)4-5-14(13)16-9/h4-5,8,15-16H,6-7H2,1-3H3,(H,17,18). The van der Waals surface area contributed by atoms with Crippen LogP contribution in [-0.4, -0.2) is 24.5 Å². The van der Waals surface area contributed by atoms with Gasteiger partial charge in [-0.25, -0.2) is 0 Å². The fourth-order valence-corrected chi connectivity index (χ4v) is 2.24. The predicted molar refractivity (Wildman–Crippen MR) is 75.0 cm³/mol. The molecule has 4 heteroatoms. The van der Waals surface area contributed by atoms with Crippen LogP contribution in [0.2, 0.25) is 0 Å². The molecule has 0 aliphatic heterocycles. The Labute approximate surface area is 107 Å². The molecule has 0 radical (unpaired) electrons. The SMILES string of the molecule is CNCCc1c(C)[nH]c2ccc(NC(C)=O)cc12. The molecular weight excluding hydrogens is 226 g/mol. The second kappa shape index (κ2) is 5.23. The average Bonchev–Trinajstić information content (AvgIpc) is 2.61. The van der Waals surface area contributed by atoms with Crippen LogP contribution in [0.25, 0.3) is 10.9 Å². The van der Waals surface area contributed by atoms with Gasteiger partial charge < -0.3 is 15.6 Å². The second-order valence-corrected chi connectivity index (χ2v) is 4.52. The van der Waals surface area contributed by atoms with Crippen molar-refractivity contribution in [1.29, 1.82) is 0 Å². The fourth-order valence-electron chi connectivity index (χ4n) is 2.24. The fraction of sp³-hybridized carbons (Fsp3) is 0.357. The molecule has 2 rings (SSSR count). The van der Waals surface area contributed by atoms with Crippen LogP contribution in [0.5, 0.6) is 0 Å². The first-order valence-electron chi connectivity index (χ1n) is 6.15. The van der Waals surface area contributed by atoms with E-state index in [1.807, 2.05) is 25.2 Å². The number of aromatic amines is 1. The Hall–Kier alpha value is -1.81. The van der Waals surface area contributed by atoms with E-state index >= 15 is 0 Å². The zero-order chi connectivity index (χ0) is 13.1. The minimum atomic E-state index is -0.0432. The van der Waals surface area contributed by atoms with Crippen LogP contribution < -0.4 is 10.6 Å².